The van der Waals surface area contributed by atoms with E-state index in [9.17, 15) is 48.6 Å². The second-order valence-corrected chi connectivity index (χ2v) is 36.3. The Labute approximate surface area is 704 Å². The number of aliphatic carboxylic acids is 2. The van der Waals surface area contributed by atoms with Crippen LogP contribution in [0, 0.1) is 40.9 Å². The number of methoxy groups -OCH3 is 1. The lowest BCUT2D eigenvalue weighted by molar-refractivity contribution is -0.146. The van der Waals surface area contributed by atoms with Crippen LogP contribution in [-0.4, -0.2) is 247 Å². The second-order valence-electron chi connectivity index (χ2n) is 36.3. The average molecular weight is 1670 g/mol. The zero-order valence-corrected chi connectivity index (χ0v) is 70.5. The number of nitrogens with one attached hydrogen (secondary N) is 6. The summed E-state index contributed by atoms with van der Waals surface area (Å²) in [5, 5.41) is 49.2. The molecule has 8 heterocycles. The average Bonchev–Trinajstić information content (AvgIpc) is 1.57. The lowest BCUT2D eigenvalue weighted by Crippen LogP contribution is -2.59. The number of nitrogens with zero attached hydrogens (tertiary/aromatic N) is 9. The third-order valence-electron chi connectivity index (χ3n) is 25.4. The number of likely N-dealkylation sites (tertiary alicyclic amines) is 1. The first kappa shape index (κ1) is 85.4. The van der Waals surface area contributed by atoms with Crippen molar-refractivity contribution in [3.05, 3.63) is 85.7 Å². The number of aromatic nitrogens is 6. The Morgan fingerprint density at radius 2 is 1.22 bits per heavy atom. The van der Waals surface area contributed by atoms with Crippen molar-refractivity contribution in [3.63, 3.8) is 0 Å². The maximum absolute atomic E-state index is 14.8. The van der Waals surface area contributed by atoms with Crippen molar-refractivity contribution in [2.45, 2.75) is 229 Å². The molecule has 4 aromatic heterocycles. The van der Waals surface area contributed by atoms with Crippen LogP contribution in [0.4, 0.5) is 21.2 Å². The number of alkyl carbamates (subject to hydrolysis) is 2. The Bertz CT molecular complexity index is 4790. The van der Waals surface area contributed by atoms with E-state index in [2.05, 4.69) is 48.5 Å². The van der Waals surface area contributed by atoms with Crippen molar-refractivity contribution in [1.82, 2.24) is 65.5 Å². The topological polar surface area (TPSA) is 394 Å². The molecule has 6 saturated carbocycles. The maximum atomic E-state index is 14.8. The van der Waals surface area contributed by atoms with Crippen molar-refractivity contribution in [2.75, 3.05) is 83.5 Å². The van der Waals surface area contributed by atoms with Crippen molar-refractivity contribution < 1.29 is 86.5 Å². The zero-order valence-electron chi connectivity index (χ0n) is 70.5. The van der Waals surface area contributed by atoms with Gasteiger partial charge >= 0.3 is 24.1 Å². The van der Waals surface area contributed by atoms with Gasteiger partial charge in [0.25, 0.3) is 0 Å². The molecule has 6 amide bonds. The number of rotatable bonds is 28. The number of fused-ring (bicyclic) bond motifs is 6. The molecule has 10 fully saturated rings. The fraction of sp³-hybridized carbons (Fsp3) is 0.614. The van der Waals surface area contributed by atoms with E-state index in [0.29, 0.717) is 150 Å². The molecule has 6 aliphatic carbocycles. The molecule has 0 bridgehead atoms. The van der Waals surface area contributed by atoms with Gasteiger partial charge in [0.1, 0.15) is 108 Å². The summed E-state index contributed by atoms with van der Waals surface area (Å²) < 4.78 is 51.2. The van der Waals surface area contributed by atoms with Gasteiger partial charge in [-0.05, 0) is 151 Å². The number of hydrogen-bond acceptors (Lipinski definition) is 23. The minimum Gasteiger partial charge on any atom is -0.492 e. The van der Waals surface area contributed by atoms with Gasteiger partial charge < -0.3 is 89.8 Å². The van der Waals surface area contributed by atoms with Gasteiger partial charge in [0.2, 0.25) is 23.6 Å². The third-order valence-corrected chi connectivity index (χ3v) is 25.4. The standard InChI is InChI=1S/C46H62N8O9.C42H55N7O9/c1-28(2)47-40-12-13-54(51-40)41-25-39(35-11-10-32(23-37(35)48-41)61-19-16-52-14-17-60-18-15-52)62-34-24-38-42(55)50-46(44(57)58)26-31(46)8-6-4-3-5-7-9-36(43(56)53(38)27-34)49-45(59)63-33-21-29-20-30(29)22-33;1-8-26-21-42(26,39(52)53)46-37(50)32-19-29(22-48(32)38(51)36(41(4,5)6)45-40(54)58-28-16-24-15-25(24)17-28)57-33-20-35(49-12-11-34(47-49)43-23(2)3)44-31-18-27(9-10-30(31)33)56-14-13-55-7/h10-13,23,25,28-31,33-34,36,38H,3-9,14-22,24,26-27H2,1-2H3,(H,47,51)(H,49,59)(H,50,55)(H,57,58);8-12,18,20,23-26,28-29,32,36H,1,13-17,19,21-22H2,2-7H3,(H,43,47)(H,45,54)(H,46,50)(H,52,53)/t29-,30+,31-,33?,34-,36+,38+,46-;24-,25+,26-,28?,29-,32+,36-,42-/m11/s1. The molecular formula is C88H117N15O18. The molecule has 6 aromatic rings. The van der Waals surface area contributed by atoms with Crippen molar-refractivity contribution in [3.8, 4) is 34.6 Å². The van der Waals surface area contributed by atoms with Crippen molar-refractivity contribution in [1.29, 1.82) is 0 Å². The minimum atomic E-state index is -1.52. The van der Waals surface area contributed by atoms with Crippen LogP contribution < -0.4 is 50.8 Å². The number of carbonyl (C=O) groups excluding carboxylic acids is 6. The molecule has 0 spiro atoms. The highest BCUT2D eigenvalue weighted by molar-refractivity contribution is 5.98. The molecular weight excluding hydrogens is 1560 g/mol. The molecule has 4 saturated heterocycles. The normalized spacial score (nSPS) is 28.3. The van der Waals surface area contributed by atoms with E-state index in [-0.39, 0.29) is 62.6 Å². The summed E-state index contributed by atoms with van der Waals surface area (Å²) in [4.78, 5) is 125. The lowest BCUT2D eigenvalue weighted by Gasteiger charge is -2.35. The van der Waals surface area contributed by atoms with Crippen LogP contribution in [-0.2, 0) is 47.7 Å². The first-order chi connectivity index (χ1) is 58.1. The van der Waals surface area contributed by atoms with Gasteiger partial charge in [-0.1, -0.05) is 59.0 Å². The summed E-state index contributed by atoms with van der Waals surface area (Å²) in [6, 6.07) is 14.5. The molecule has 33 heteroatoms. The largest absolute Gasteiger partial charge is 0.492 e. The number of carboxylic acids is 2. The van der Waals surface area contributed by atoms with E-state index in [4.69, 9.17) is 53.0 Å². The molecule has 33 nitrogen and oxygen atoms in total. The summed E-state index contributed by atoms with van der Waals surface area (Å²) in [6.45, 7) is 22.5. The number of benzene rings is 2. The van der Waals surface area contributed by atoms with Crippen molar-refractivity contribution in [2.24, 2.45) is 40.9 Å². The molecule has 121 heavy (non-hydrogen) atoms. The van der Waals surface area contributed by atoms with Gasteiger partial charge in [-0.25, -0.2) is 38.5 Å². The highest BCUT2D eigenvalue weighted by Gasteiger charge is 2.63. The van der Waals surface area contributed by atoms with E-state index < -0.39 is 107 Å². The van der Waals surface area contributed by atoms with Crippen LogP contribution in [0.25, 0.3) is 33.4 Å². The third kappa shape index (κ3) is 20.1. The van der Waals surface area contributed by atoms with E-state index in [1.807, 2.05) is 91.1 Å². The Morgan fingerprint density at radius 3 is 1.77 bits per heavy atom. The summed E-state index contributed by atoms with van der Waals surface area (Å²) in [5.74, 6) is 1.88. The second kappa shape index (κ2) is 36.3. The van der Waals surface area contributed by atoms with Gasteiger partial charge in [-0.2, -0.15) is 0 Å². The highest BCUT2D eigenvalue weighted by atomic mass is 16.6. The molecule has 16 atom stereocenters. The predicted molar refractivity (Wildman–Crippen MR) is 446 cm³/mol. The van der Waals surface area contributed by atoms with E-state index in [1.54, 1.807) is 46.9 Å². The number of amides is 6. The summed E-state index contributed by atoms with van der Waals surface area (Å²) in [7, 11) is 1.60. The Balaban J connectivity index is 0.000000189. The fourth-order valence-corrected chi connectivity index (χ4v) is 18.5. The maximum Gasteiger partial charge on any atom is 0.408 e. The van der Waals surface area contributed by atoms with Gasteiger partial charge in [0.15, 0.2) is 11.6 Å². The number of anilines is 2. The molecule has 2 unspecified atom stereocenters. The monoisotopic (exact) mass is 1670 g/mol. The van der Waals surface area contributed by atoms with E-state index in [0.717, 1.165) is 71.0 Å². The summed E-state index contributed by atoms with van der Waals surface area (Å²) in [6.07, 6.45) is 13.8. The number of pyridine rings is 2. The van der Waals surface area contributed by atoms with Crippen LogP contribution in [0.5, 0.6) is 23.0 Å². The molecule has 652 valence electrons. The molecule has 16 rings (SSSR count). The van der Waals surface area contributed by atoms with Crippen LogP contribution in [0.1, 0.15) is 158 Å². The SMILES string of the molecule is C=C[C@@H]1C[C@]1(NC(=O)[C@@H]1C[C@@H](Oc2cc(-n3ccc(NC(C)C)n3)nc3cc(OCCOC)ccc23)CN1C(=O)[C@@H](NC(=O)OC1C[C@@H]2C[C@@H]2C1)C(C)(C)C)C(=O)O.CC(C)Nc1ccn(-c2cc(O[C@@H]3C[C@H]4C(=O)N[C@]5(C(=O)O)C[C@H]5CCCCCCC[C@H](NC(=O)OC5C[C@@H]6C[C@@H]6C5)C(=O)N4C3)c3ccc(OCCN4CCOCC4)cc3n2)n1. The van der Waals surface area contributed by atoms with Gasteiger partial charge in [0, 0.05) is 117 Å². The van der Waals surface area contributed by atoms with Crippen LogP contribution in [0.2, 0.25) is 0 Å². The van der Waals surface area contributed by atoms with Crippen LogP contribution in [0.3, 0.4) is 0 Å². The molecule has 8 N–H and O–H groups in total. The Hall–Kier alpha value is -10.5. The number of morpholine rings is 1. The number of carboxylic acid groups (broad SMARTS) is 2. The van der Waals surface area contributed by atoms with E-state index in [1.165, 1.54) is 28.7 Å². The van der Waals surface area contributed by atoms with Gasteiger partial charge in [-0.3, -0.25) is 24.1 Å². The molecule has 0 radical (unpaired) electrons. The first-order valence-electron chi connectivity index (χ1n) is 43.3. The van der Waals surface area contributed by atoms with Crippen molar-refractivity contribution >= 4 is 81.2 Å². The molecule has 10 aliphatic rings. The van der Waals surface area contributed by atoms with Crippen LogP contribution >= 0.6 is 0 Å². The van der Waals surface area contributed by atoms with Crippen LogP contribution in [0.15, 0.2) is 85.7 Å². The summed E-state index contributed by atoms with van der Waals surface area (Å²) >= 11 is 0. The molecule has 4 aliphatic heterocycles. The summed E-state index contributed by atoms with van der Waals surface area (Å²) in [5.41, 5.74) is -2.52. The zero-order chi connectivity index (χ0) is 85.2. The number of hydrogen-bond donors (Lipinski definition) is 8. The first-order valence-corrected chi connectivity index (χ1v) is 43.3. The van der Waals surface area contributed by atoms with E-state index >= 15 is 0 Å². The fourth-order valence-electron chi connectivity index (χ4n) is 18.5. The van der Waals surface area contributed by atoms with Gasteiger partial charge in [0.05, 0.1) is 43.9 Å². The quantitative estimate of drug-likeness (QED) is 0.0167. The minimum absolute atomic E-state index is 0.0290. The number of carbonyl (C=O) groups is 8. The predicted octanol–water partition coefficient (Wildman–Crippen LogP) is 9.60. The number of ether oxygens (including phenoxy) is 8. The van der Waals surface area contributed by atoms with Gasteiger partial charge in [-0.15, -0.1) is 16.8 Å². The Morgan fingerprint density at radius 1 is 0.661 bits per heavy atom. The smallest absolute Gasteiger partial charge is 0.408 e. The highest BCUT2D eigenvalue weighted by Crippen LogP contribution is 2.54. The Kier molecular flexibility index (Phi) is 25.6. The lowest BCUT2D eigenvalue weighted by atomic mass is 9.85. The molecule has 2 aromatic carbocycles.